The third-order valence-corrected chi connectivity index (χ3v) is 6.68. The maximum absolute atomic E-state index is 12.5. The Labute approximate surface area is 119 Å². The van der Waals surface area contributed by atoms with Crippen molar-refractivity contribution >= 4 is 21.6 Å². The molecule has 0 spiro atoms. The average molecular weight is 296 g/mol. The molecule has 5 nitrogen and oxygen atoms in total. The first-order valence-corrected chi connectivity index (χ1v) is 8.17. The summed E-state index contributed by atoms with van der Waals surface area (Å²) >= 11 is 0. The first kappa shape index (κ1) is 15.0. The Bertz CT molecular complexity index is 616. The van der Waals surface area contributed by atoms with E-state index >= 15 is 0 Å². The van der Waals surface area contributed by atoms with Gasteiger partial charge in [-0.05, 0) is 45.2 Å². The van der Waals surface area contributed by atoms with Gasteiger partial charge in [0, 0.05) is 13.2 Å². The molecule has 0 bridgehead atoms. The van der Waals surface area contributed by atoms with Gasteiger partial charge in [-0.1, -0.05) is 6.07 Å². The van der Waals surface area contributed by atoms with Crippen LogP contribution in [0.4, 0.5) is 5.82 Å². The van der Waals surface area contributed by atoms with Crippen molar-refractivity contribution in [1.29, 1.82) is 0 Å². The van der Waals surface area contributed by atoms with Crippen molar-refractivity contribution < 1.29 is 13.2 Å². The van der Waals surface area contributed by atoms with Gasteiger partial charge in [0.15, 0.2) is 9.84 Å². The van der Waals surface area contributed by atoms with Crippen LogP contribution < -0.4 is 4.90 Å². The Morgan fingerprint density at radius 1 is 1.35 bits per heavy atom. The first-order valence-electron chi connectivity index (χ1n) is 6.62. The number of hydrogen-bond acceptors (Lipinski definition) is 4. The Balaban J connectivity index is 2.28. The Morgan fingerprint density at radius 3 is 2.40 bits per heavy atom. The lowest BCUT2D eigenvalue weighted by atomic mass is 10.2. The quantitative estimate of drug-likeness (QED) is 0.848. The largest absolute Gasteiger partial charge is 0.299 e. The molecule has 6 heteroatoms. The lowest BCUT2D eigenvalue weighted by Gasteiger charge is -2.28. The molecule has 1 fully saturated rings. The van der Waals surface area contributed by atoms with Gasteiger partial charge < -0.3 is 0 Å². The second-order valence-electron chi connectivity index (χ2n) is 5.81. The van der Waals surface area contributed by atoms with Crippen molar-refractivity contribution in [3.63, 3.8) is 0 Å². The molecule has 0 N–H and O–H groups in total. The van der Waals surface area contributed by atoms with Gasteiger partial charge in [0.05, 0.1) is 5.25 Å². The molecule has 110 valence electrons. The number of sulfone groups is 1. The summed E-state index contributed by atoms with van der Waals surface area (Å²) in [5, 5.41) is -0.360. The third-order valence-electron chi connectivity index (χ3n) is 3.73. The highest BCUT2D eigenvalue weighted by Crippen LogP contribution is 2.37. The van der Waals surface area contributed by atoms with Crippen LogP contribution in [0.5, 0.6) is 0 Å². The summed E-state index contributed by atoms with van der Waals surface area (Å²) in [5.74, 6) is 0.0143. The van der Waals surface area contributed by atoms with E-state index in [9.17, 15) is 13.2 Å². The lowest BCUT2D eigenvalue weighted by molar-refractivity contribution is -0.120. The summed E-state index contributed by atoms with van der Waals surface area (Å²) < 4.78 is 23.3. The molecule has 0 aliphatic heterocycles. The highest BCUT2D eigenvalue weighted by Gasteiger charge is 2.51. The maximum atomic E-state index is 12.5. The molecule has 1 aromatic heterocycles. The molecule has 0 saturated heterocycles. The number of rotatable bonds is 4. The van der Waals surface area contributed by atoms with E-state index in [0.29, 0.717) is 18.7 Å². The number of pyridine rings is 1. The second-order valence-corrected chi connectivity index (χ2v) is 8.59. The number of carbonyl (C=O) groups is 1. The number of hydrogen-bond donors (Lipinski definition) is 0. The van der Waals surface area contributed by atoms with E-state index in [2.05, 4.69) is 4.98 Å². The van der Waals surface area contributed by atoms with Gasteiger partial charge in [0.25, 0.3) is 0 Å². The zero-order valence-electron chi connectivity index (χ0n) is 12.3. The van der Waals surface area contributed by atoms with Gasteiger partial charge in [-0.2, -0.15) is 0 Å². The number of aromatic nitrogens is 1. The van der Waals surface area contributed by atoms with Gasteiger partial charge in [-0.25, -0.2) is 13.4 Å². The topological polar surface area (TPSA) is 67.3 Å². The summed E-state index contributed by atoms with van der Waals surface area (Å²) in [5.41, 5.74) is 0.986. The Morgan fingerprint density at radius 2 is 1.95 bits per heavy atom. The van der Waals surface area contributed by atoms with E-state index in [4.69, 9.17) is 0 Å². The molecule has 20 heavy (non-hydrogen) atoms. The fraction of sp³-hybridized carbons (Fsp3) is 0.571. The monoisotopic (exact) mass is 296 g/mol. The number of nitrogens with zero attached hydrogens (tertiary/aromatic N) is 2. The van der Waals surface area contributed by atoms with Crippen molar-refractivity contribution in [2.75, 3.05) is 11.9 Å². The van der Waals surface area contributed by atoms with Crippen LogP contribution in [-0.4, -0.2) is 36.4 Å². The van der Waals surface area contributed by atoms with Crippen molar-refractivity contribution in [2.45, 2.75) is 43.6 Å². The fourth-order valence-corrected chi connectivity index (χ4v) is 4.05. The fourth-order valence-electron chi connectivity index (χ4n) is 2.08. The molecular weight excluding hydrogens is 276 g/mol. The predicted molar refractivity (Wildman–Crippen MR) is 78.4 cm³/mol. The molecule has 0 radical (unpaired) electrons. The van der Waals surface area contributed by atoms with Gasteiger partial charge in [-0.15, -0.1) is 0 Å². The van der Waals surface area contributed by atoms with Crippen LogP contribution >= 0.6 is 0 Å². The van der Waals surface area contributed by atoms with E-state index in [1.54, 1.807) is 19.3 Å². The third kappa shape index (κ3) is 2.44. The molecule has 2 rings (SSSR count). The SMILES string of the molecule is Cc1ccc(N(C)C(=O)C(C)(C)S(=O)(=O)C2CC2)nc1. The smallest absolute Gasteiger partial charge is 0.248 e. The first-order chi connectivity index (χ1) is 9.18. The van der Waals surface area contributed by atoms with E-state index in [0.717, 1.165) is 5.56 Å². The van der Waals surface area contributed by atoms with Crippen LogP contribution in [0.25, 0.3) is 0 Å². The number of amides is 1. The minimum atomic E-state index is -3.44. The van der Waals surface area contributed by atoms with Crippen LogP contribution in [0, 0.1) is 6.92 Å². The lowest BCUT2D eigenvalue weighted by Crippen LogP contribution is -2.50. The number of carbonyl (C=O) groups excluding carboxylic acids is 1. The normalized spacial score (nSPS) is 16.0. The van der Waals surface area contributed by atoms with Crippen LogP contribution in [0.2, 0.25) is 0 Å². The Hall–Kier alpha value is -1.43. The molecule has 0 aromatic carbocycles. The van der Waals surface area contributed by atoms with Crippen molar-refractivity contribution in [1.82, 2.24) is 4.98 Å². The zero-order valence-corrected chi connectivity index (χ0v) is 13.1. The molecule has 0 unspecified atom stereocenters. The van der Waals surface area contributed by atoms with Crippen molar-refractivity contribution in [3.8, 4) is 0 Å². The Kier molecular flexibility index (Phi) is 3.62. The molecule has 1 amide bonds. The summed E-state index contributed by atoms with van der Waals surface area (Å²) in [7, 11) is -1.89. The predicted octanol–water partition coefficient (Wildman–Crippen LogP) is 1.71. The highest BCUT2D eigenvalue weighted by molar-refractivity contribution is 7.94. The maximum Gasteiger partial charge on any atom is 0.248 e. The number of anilines is 1. The summed E-state index contributed by atoms with van der Waals surface area (Å²) in [6.45, 7) is 4.86. The molecule has 1 aliphatic carbocycles. The van der Waals surface area contributed by atoms with Crippen molar-refractivity contribution in [3.05, 3.63) is 23.9 Å². The number of aryl methyl sites for hydroxylation is 1. The van der Waals surface area contributed by atoms with Crippen LogP contribution in [0.1, 0.15) is 32.3 Å². The van der Waals surface area contributed by atoms with Crippen molar-refractivity contribution in [2.24, 2.45) is 0 Å². The second kappa shape index (κ2) is 4.84. The van der Waals surface area contributed by atoms with Gasteiger partial charge in [0.2, 0.25) is 5.91 Å². The van der Waals surface area contributed by atoms with Gasteiger partial charge in [0.1, 0.15) is 10.6 Å². The molecule has 1 aliphatic rings. The van der Waals surface area contributed by atoms with E-state index in [1.165, 1.54) is 18.7 Å². The van der Waals surface area contributed by atoms with Crippen LogP contribution in [0.15, 0.2) is 18.3 Å². The molecular formula is C14H20N2O3S. The summed E-state index contributed by atoms with van der Waals surface area (Å²) in [6, 6.07) is 3.56. The summed E-state index contributed by atoms with van der Waals surface area (Å²) in [4.78, 5) is 18.0. The van der Waals surface area contributed by atoms with Crippen LogP contribution in [0.3, 0.4) is 0 Å². The highest BCUT2D eigenvalue weighted by atomic mass is 32.2. The molecule has 1 heterocycles. The van der Waals surface area contributed by atoms with E-state index < -0.39 is 20.5 Å². The van der Waals surface area contributed by atoms with E-state index in [-0.39, 0.29) is 5.25 Å². The molecule has 0 atom stereocenters. The molecule has 1 aromatic rings. The average Bonchev–Trinajstić information content (AvgIpc) is 3.22. The minimum absolute atomic E-state index is 0.360. The van der Waals surface area contributed by atoms with E-state index in [1.807, 2.05) is 13.0 Å². The van der Waals surface area contributed by atoms with Gasteiger partial charge in [-0.3, -0.25) is 9.69 Å². The minimum Gasteiger partial charge on any atom is -0.299 e. The standard InChI is InChI=1S/C14H20N2O3S/c1-10-5-8-12(15-9-10)16(4)13(17)14(2,3)20(18,19)11-6-7-11/h5,8-9,11H,6-7H2,1-4H3. The van der Waals surface area contributed by atoms with Crippen LogP contribution in [-0.2, 0) is 14.6 Å². The summed E-state index contributed by atoms with van der Waals surface area (Å²) in [6.07, 6.45) is 2.97. The molecule has 1 saturated carbocycles. The zero-order chi connectivity index (χ0) is 15.1. The van der Waals surface area contributed by atoms with Gasteiger partial charge >= 0.3 is 0 Å².